The summed E-state index contributed by atoms with van der Waals surface area (Å²) in [6.07, 6.45) is 3.70. The fraction of sp³-hybridized carbons (Fsp3) is 0.448. The first-order valence-electron chi connectivity index (χ1n) is 12.6. The number of anilines is 1. The van der Waals surface area contributed by atoms with Crippen LogP contribution in [0.25, 0.3) is 11.0 Å². The molecule has 7 nitrogen and oxygen atoms in total. The van der Waals surface area contributed by atoms with E-state index in [1.165, 1.54) is 4.57 Å². The molecule has 1 aliphatic carbocycles. The molecule has 7 heteroatoms. The zero-order valence-electron chi connectivity index (χ0n) is 22.1. The highest BCUT2D eigenvalue weighted by atomic mass is 16.6. The first-order chi connectivity index (χ1) is 17.1. The minimum absolute atomic E-state index is 0.151. The van der Waals surface area contributed by atoms with Crippen molar-refractivity contribution in [1.29, 1.82) is 5.26 Å². The summed E-state index contributed by atoms with van der Waals surface area (Å²) in [4.78, 5) is 25.7. The first kappa shape index (κ1) is 25.4. The van der Waals surface area contributed by atoms with Crippen molar-refractivity contribution in [3.8, 4) is 6.07 Å². The monoisotopic (exact) mass is 485 g/mol. The zero-order chi connectivity index (χ0) is 26.0. The standard InChI is InChI=1S/C29H35N5O2/c1-19-12-17-24-26(31-19)27(23(18-30)28(35)34(24)6)33(5)22-15-13-21(14-16-22)25(32-36-29(2,3)4)20-10-8-7-9-11-20/h7-12,17,21-22H,13-16H2,1-6H3/b32-25+. The van der Waals surface area contributed by atoms with Crippen molar-refractivity contribution in [2.24, 2.45) is 18.1 Å². The second-order valence-corrected chi connectivity index (χ2v) is 10.7. The Labute approximate surface area is 213 Å². The molecule has 1 saturated carbocycles. The van der Waals surface area contributed by atoms with Crippen molar-refractivity contribution in [2.75, 3.05) is 11.9 Å². The molecule has 0 unspecified atom stereocenters. The molecule has 0 saturated heterocycles. The molecule has 2 heterocycles. The molecule has 188 valence electrons. The maximum atomic E-state index is 13.0. The quantitative estimate of drug-likeness (QED) is 0.360. The van der Waals surface area contributed by atoms with Crippen LogP contribution in [0.5, 0.6) is 0 Å². The lowest BCUT2D eigenvalue weighted by Gasteiger charge is -2.37. The number of nitrogens with zero attached hydrogens (tertiary/aromatic N) is 5. The number of oxime groups is 1. The number of aromatic nitrogens is 2. The van der Waals surface area contributed by atoms with Crippen molar-refractivity contribution < 1.29 is 4.84 Å². The van der Waals surface area contributed by atoms with Crippen molar-refractivity contribution in [2.45, 2.75) is 65.0 Å². The highest BCUT2D eigenvalue weighted by Gasteiger charge is 2.31. The third kappa shape index (κ3) is 5.13. The van der Waals surface area contributed by atoms with E-state index < -0.39 is 0 Å². The second kappa shape index (κ2) is 10.1. The van der Waals surface area contributed by atoms with E-state index in [4.69, 9.17) is 9.82 Å². The van der Waals surface area contributed by atoms with Crippen LogP contribution in [0.3, 0.4) is 0 Å². The molecule has 4 rings (SSSR count). The van der Waals surface area contributed by atoms with Crippen LogP contribution in [-0.2, 0) is 11.9 Å². The predicted molar refractivity (Wildman–Crippen MR) is 144 cm³/mol. The molecule has 1 aliphatic rings. The maximum Gasteiger partial charge on any atom is 0.270 e. The van der Waals surface area contributed by atoms with Gasteiger partial charge in [-0.3, -0.25) is 4.79 Å². The number of hydrogen-bond acceptors (Lipinski definition) is 6. The average Bonchev–Trinajstić information content (AvgIpc) is 2.86. The highest BCUT2D eigenvalue weighted by molar-refractivity contribution is 6.02. The summed E-state index contributed by atoms with van der Waals surface area (Å²) in [5, 5.41) is 14.5. The van der Waals surface area contributed by atoms with Gasteiger partial charge >= 0.3 is 0 Å². The molecule has 2 aromatic heterocycles. The molecule has 1 fully saturated rings. The van der Waals surface area contributed by atoms with Crippen molar-refractivity contribution in [3.63, 3.8) is 0 Å². The van der Waals surface area contributed by atoms with Gasteiger partial charge in [-0.2, -0.15) is 5.26 Å². The normalized spacial score (nSPS) is 18.6. The zero-order valence-corrected chi connectivity index (χ0v) is 22.1. The summed E-state index contributed by atoms with van der Waals surface area (Å²) in [6, 6.07) is 16.4. The summed E-state index contributed by atoms with van der Waals surface area (Å²) >= 11 is 0. The summed E-state index contributed by atoms with van der Waals surface area (Å²) in [5.74, 6) is 0.274. The topological polar surface area (TPSA) is 83.5 Å². The smallest absolute Gasteiger partial charge is 0.270 e. The molecule has 36 heavy (non-hydrogen) atoms. The summed E-state index contributed by atoms with van der Waals surface area (Å²) < 4.78 is 1.52. The largest absolute Gasteiger partial charge is 0.390 e. The summed E-state index contributed by atoms with van der Waals surface area (Å²) in [5.41, 5.74) is 4.49. The number of rotatable bonds is 5. The Bertz CT molecular complexity index is 1370. The van der Waals surface area contributed by atoms with E-state index in [9.17, 15) is 10.1 Å². The van der Waals surface area contributed by atoms with Gasteiger partial charge in [-0.1, -0.05) is 35.5 Å². The molecule has 0 amide bonds. The van der Waals surface area contributed by atoms with E-state index in [2.05, 4.69) is 28.3 Å². The van der Waals surface area contributed by atoms with Crippen LogP contribution in [0.1, 0.15) is 63.3 Å². The Morgan fingerprint density at radius 3 is 2.42 bits per heavy atom. The van der Waals surface area contributed by atoms with E-state index in [-0.39, 0.29) is 28.7 Å². The van der Waals surface area contributed by atoms with E-state index in [0.717, 1.165) is 48.2 Å². The van der Waals surface area contributed by atoms with Gasteiger partial charge in [0.15, 0.2) is 0 Å². The number of hydrogen-bond donors (Lipinski definition) is 0. The molecule has 0 radical (unpaired) electrons. The molecule has 0 atom stereocenters. The minimum Gasteiger partial charge on any atom is -0.390 e. The lowest BCUT2D eigenvalue weighted by molar-refractivity contribution is -0.0000286. The van der Waals surface area contributed by atoms with Gasteiger partial charge in [-0.25, -0.2) is 4.98 Å². The van der Waals surface area contributed by atoms with Crippen LogP contribution in [0, 0.1) is 24.2 Å². The molecule has 0 aliphatic heterocycles. The van der Waals surface area contributed by atoms with Crippen molar-refractivity contribution >= 4 is 22.4 Å². The van der Waals surface area contributed by atoms with Gasteiger partial charge in [-0.15, -0.1) is 0 Å². The summed E-state index contributed by atoms with van der Waals surface area (Å²) in [7, 11) is 3.68. The molecule has 0 spiro atoms. The third-order valence-electron chi connectivity index (χ3n) is 6.94. The van der Waals surface area contributed by atoms with Crippen LogP contribution in [-0.4, -0.2) is 34.0 Å². The maximum absolute atomic E-state index is 13.0. The molecular weight excluding hydrogens is 450 g/mol. The average molecular weight is 486 g/mol. The van der Waals surface area contributed by atoms with Crippen LogP contribution in [0.2, 0.25) is 0 Å². The van der Waals surface area contributed by atoms with Gasteiger partial charge in [0, 0.05) is 31.7 Å². The van der Waals surface area contributed by atoms with Crippen LogP contribution in [0.15, 0.2) is 52.4 Å². The van der Waals surface area contributed by atoms with E-state index in [1.807, 2.05) is 65.1 Å². The number of benzene rings is 1. The molecular formula is C29H35N5O2. The fourth-order valence-electron chi connectivity index (χ4n) is 5.01. The van der Waals surface area contributed by atoms with E-state index in [0.29, 0.717) is 11.2 Å². The molecule has 1 aromatic carbocycles. The number of pyridine rings is 2. The molecule has 3 aromatic rings. The van der Waals surface area contributed by atoms with Crippen LogP contribution < -0.4 is 10.5 Å². The Morgan fingerprint density at radius 1 is 1.14 bits per heavy atom. The number of aryl methyl sites for hydroxylation is 2. The van der Waals surface area contributed by atoms with Gasteiger partial charge in [0.2, 0.25) is 0 Å². The Balaban J connectivity index is 1.64. The predicted octanol–water partition coefficient (Wildman–Crippen LogP) is 5.33. The van der Waals surface area contributed by atoms with Gasteiger partial charge in [-0.05, 0) is 71.1 Å². The Morgan fingerprint density at radius 2 is 1.81 bits per heavy atom. The SMILES string of the molecule is Cc1ccc2c(n1)c(N(C)C1CCC(/C(=N/OC(C)(C)C)c3ccccc3)CC1)c(C#N)c(=O)n2C. The van der Waals surface area contributed by atoms with Crippen LogP contribution in [0.4, 0.5) is 5.69 Å². The fourth-order valence-corrected chi connectivity index (χ4v) is 5.01. The van der Waals surface area contributed by atoms with Gasteiger partial charge < -0.3 is 14.3 Å². The highest BCUT2D eigenvalue weighted by Crippen LogP contribution is 2.35. The first-order valence-corrected chi connectivity index (χ1v) is 12.6. The minimum atomic E-state index is -0.364. The number of nitriles is 1. The third-order valence-corrected chi connectivity index (χ3v) is 6.94. The Kier molecular flexibility index (Phi) is 7.16. The van der Waals surface area contributed by atoms with E-state index >= 15 is 0 Å². The van der Waals surface area contributed by atoms with Gasteiger partial charge in [0.25, 0.3) is 5.56 Å². The lowest BCUT2D eigenvalue weighted by atomic mass is 9.80. The lowest BCUT2D eigenvalue weighted by Crippen LogP contribution is -2.39. The Hall–Kier alpha value is -3.66. The van der Waals surface area contributed by atoms with Crippen molar-refractivity contribution in [1.82, 2.24) is 9.55 Å². The molecule has 0 bridgehead atoms. The molecule has 0 N–H and O–H groups in total. The van der Waals surface area contributed by atoms with E-state index in [1.54, 1.807) is 7.05 Å². The van der Waals surface area contributed by atoms with Gasteiger partial charge in [0.1, 0.15) is 22.8 Å². The van der Waals surface area contributed by atoms with Crippen LogP contribution >= 0.6 is 0 Å². The second-order valence-electron chi connectivity index (χ2n) is 10.7. The number of fused-ring (bicyclic) bond motifs is 1. The van der Waals surface area contributed by atoms with Gasteiger partial charge in [0.05, 0.1) is 16.9 Å². The summed E-state index contributed by atoms with van der Waals surface area (Å²) in [6.45, 7) is 7.93. The van der Waals surface area contributed by atoms with Crippen molar-refractivity contribution in [3.05, 3.63) is 69.6 Å².